The molecule has 0 unspecified atom stereocenters. The average Bonchev–Trinajstić information content (AvgIpc) is 2.01. The molecule has 0 bridgehead atoms. The van der Waals surface area contributed by atoms with E-state index < -0.39 is 0 Å². The molecule has 1 N–H and O–H groups in total. The van der Waals surface area contributed by atoms with Crippen LogP contribution in [0, 0.1) is 11.8 Å². The van der Waals surface area contributed by atoms with Crippen molar-refractivity contribution in [1.29, 1.82) is 0 Å². The second kappa shape index (κ2) is 5.16. The Balaban J connectivity index is 2.57. The van der Waals surface area contributed by atoms with Gasteiger partial charge in [-0.15, -0.1) is 0 Å². The molecule has 0 amide bonds. The molecule has 0 aromatic rings. The van der Waals surface area contributed by atoms with Crippen molar-refractivity contribution in [2.45, 2.75) is 65.3 Å². The first-order chi connectivity index (χ1) is 6.54. The van der Waals surface area contributed by atoms with Crippen molar-refractivity contribution in [2.75, 3.05) is 6.54 Å². The molecule has 1 fully saturated rings. The van der Waals surface area contributed by atoms with E-state index in [1.165, 1.54) is 38.6 Å². The maximum Gasteiger partial charge on any atom is 0.0186 e. The lowest BCUT2D eigenvalue weighted by Gasteiger charge is -2.41. The summed E-state index contributed by atoms with van der Waals surface area (Å²) < 4.78 is 0. The lowest BCUT2D eigenvalue weighted by atomic mass is 9.76. The number of hydrogen-bond donors (Lipinski definition) is 1. The van der Waals surface area contributed by atoms with Crippen LogP contribution in [0.3, 0.4) is 0 Å². The minimum absolute atomic E-state index is 0.473. The van der Waals surface area contributed by atoms with Crippen molar-refractivity contribution in [3.63, 3.8) is 0 Å². The monoisotopic (exact) mass is 197 g/mol. The van der Waals surface area contributed by atoms with Crippen molar-refractivity contribution in [2.24, 2.45) is 11.8 Å². The molecular weight excluding hydrogens is 170 g/mol. The summed E-state index contributed by atoms with van der Waals surface area (Å²) in [5, 5.41) is 3.80. The maximum atomic E-state index is 3.80. The van der Waals surface area contributed by atoms with Gasteiger partial charge in [-0.3, -0.25) is 0 Å². The van der Waals surface area contributed by atoms with Crippen LogP contribution in [0.4, 0.5) is 0 Å². The zero-order valence-corrected chi connectivity index (χ0v) is 10.4. The van der Waals surface area contributed by atoms with Gasteiger partial charge >= 0.3 is 0 Å². The molecule has 1 nitrogen and oxygen atoms in total. The fourth-order valence-electron chi connectivity index (χ4n) is 3.03. The third-order valence-corrected chi connectivity index (χ3v) is 3.18. The van der Waals surface area contributed by atoms with Crippen molar-refractivity contribution < 1.29 is 0 Å². The Hall–Kier alpha value is -0.0400. The molecule has 0 atom stereocenters. The molecule has 1 aliphatic rings. The van der Waals surface area contributed by atoms with Gasteiger partial charge in [0.2, 0.25) is 0 Å². The standard InChI is InChI=1S/C13H27N/c1-11(2)9-13(10-12(3)4)7-5-6-8-14-13/h11-12,14H,5-10H2,1-4H3. The van der Waals surface area contributed by atoms with Crippen molar-refractivity contribution in [3.8, 4) is 0 Å². The lowest BCUT2D eigenvalue weighted by Crippen LogP contribution is -2.50. The van der Waals surface area contributed by atoms with E-state index in [0.717, 1.165) is 11.8 Å². The van der Waals surface area contributed by atoms with Crippen LogP contribution in [0.15, 0.2) is 0 Å². The summed E-state index contributed by atoms with van der Waals surface area (Å²) in [6, 6.07) is 0. The highest BCUT2D eigenvalue weighted by Crippen LogP contribution is 2.32. The van der Waals surface area contributed by atoms with Gasteiger partial charge in [0.1, 0.15) is 0 Å². The highest BCUT2D eigenvalue weighted by atomic mass is 15.0. The average molecular weight is 197 g/mol. The second-order valence-electron chi connectivity index (χ2n) is 5.86. The van der Waals surface area contributed by atoms with Crippen LogP contribution in [-0.2, 0) is 0 Å². The fourth-order valence-corrected chi connectivity index (χ4v) is 3.03. The molecule has 1 heteroatoms. The highest BCUT2D eigenvalue weighted by molar-refractivity contribution is 4.92. The summed E-state index contributed by atoms with van der Waals surface area (Å²) in [6.07, 6.45) is 6.89. The molecule has 0 aliphatic carbocycles. The van der Waals surface area contributed by atoms with Crippen LogP contribution in [-0.4, -0.2) is 12.1 Å². The van der Waals surface area contributed by atoms with E-state index in [-0.39, 0.29) is 0 Å². The molecule has 1 aliphatic heterocycles. The van der Waals surface area contributed by atoms with E-state index in [1.54, 1.807) is 0 Å². The predicted molar refractivity (Wildman–Crippen MR) is 63.5 cm³/mol. The molecule has 1 saturated heterocycles. The number of nitrogens with one attached hydrogen (secondary N) is 1. The largest absolute Gasteiger partial charge is 0.311 e. The number of hydrogen-bond acceptors (Lipinski definition) is 1. The second-order valence-corrected chi connectivity index (χ2v) is 5.86. The quantitative estimate of drug-likeness (QED) is 0.726. The highest BCUT2D eigenvalue weighted by Gasteiger charge is 2.32. The van der Waals surface area contributed by atoms with E-state index in [4.69, 9.17) is 0 Å². The van der Waals surface area contributed by atoms with Crippen molar-refractivity contribution in [1.82, 2.24) is 5.32 Å². The normalized spacial score (nSPS) is 21.9. The van der Waals surface area contributed by atoms with Gasteiger partial charge in [0.05, 0.1) is 0 Å². The molecule has 0 aromatic carbocycles. The van der Waals surface area contributed by atoms with E-state index in [1.807, 2.05) is 0 Å². The summed E-state index contributed by atoms with van der Waals surface area (Å²) in [7, 11) is 0. The Morgan fingerprint density at radius 1 is 1.00 bits per heavy atom. The lowest BCUT2D eigenvalue weighted by molar-refractivity contribution is 0.177. The summed E-state index contributed by atoms with van der Waals surface area (Å²) in [5.41, 5.74) is 0.473. The van der Waals surface area contributed by atoms with Gasteiger partial charge in [0.15, 0.2) is 0 Å². The molecule has 14 heavy (non-hydrogen) atoms. The van der Waals surface area contributed by atoms with E-state index in [2.05, 4.69) is 33.0 Å². The molecule has 0 aromatic heterocycles. The summed E-state index contributed by atoms with van der Waals surface area (Å²) >= 11 is 0. The third-order valence-electron chi connectivity index (χ3n) is 3.18. The minimum atomic E-state index is 0.473. The van der Waals surface area contributed by atoms with Crippen molar-refractivity contribution >= 4 is 0 Å². The van der Waals surface area contributed by atoms with Crippen LogP contribution in [0.1, 0.15) is 59.8 Å². The van der Waals surface area contributed by atoms with Crippen molar-refractivity contribution in [3.05, 3.63) is 0 Å². The van der Waals surface area contributed by atoms with Crippen LogP contribution in [0.2, 0.25) is 0 Å². The molecule has 0 spiro atoms. The Kier molecular flexibility index (Phi) is 4.43. The number of rotatable bonds is 4. The Morgan fingerprint density at radius 3 is 1.93 bits per heavy atom. The Labute approximate surface area is 89.7 Å². The van der Waals surface area contributed by atoms with Crippen LogP contribution in [0.25, 0.3) is 0 Å². The molecule has 1 heterocycles. The van der Waals surface area contributed by atoms with E-state index >= 15 is 0 Å². The van der Waals surface area contributed by atoms with Crippen LogP contribution < -0.4 is 5.32 Å². The van der Waals surface area contributed by atoms with Gasteiger partial charge in [-0.1, -0.05) is 34.1 Å². The molecule has 84 valence electrons. The first-order valence-corrected chi connectivity index (χ1v) is 6.29. The first kappa shape index (κ1) is 12.0. The summed E-state index contributed by atoms with van der Waals surface area (Å²) in [5.74, 6) is 1.64. The summed E-state index contributed by atoms with van der Waals surface area (Å²) in [6.45, 7) is 10.6. The van der Waals surface area contributed by atoms with Gasteiger partial charge in [0.25, 0.3) is 0 Å². The zero-order valence-electron chi connectivity index (χ0n) is 10.4. The van der Waals surface area contributed by atoms with E-state index in [0.29, 0.717) is 5.54 Å². The molecular formula is C13H27N. The molecule has 1 rings (SSSR count). The Morgan fingerprint density at radius 2 is 1.57 bits per heavy atom. The molecule has 0 radical (unpaired) electrons. The van der Waals surface area contributed by atoms with Crippen LogP contribution >= 0.6 is 0 Å². The fraction of sp³-hybridized carbons (Fsp3) is 1.00. The summed E-state index contributed by atoms with van der Waals surface area (Å²) in [4.78, 5) is 0. The van der Waals surface area contributed by atoms with Gasteiger partial charge in [-0.2, -0.15) is 0 Å². The van der Waals surface area contributed by atoms with Gasteiger partial charge in [0, 0.05) is 5.54 Å². The third kappa shape index (κ3) is 3.61. The zero-order chi connectivity index (χ0) is 10.6. The van der Waals surface area contributed by atoms with Gasteiger partial charge in [-0.25, -0.2) is 0 Å². The smallest absolute Gasteiger partial charge is 0.0186 e. The topological polar surface area (TPSA) is 12.0 Å². The number of piperidine rings is 1. The van der Waals surface area contributed by atoms with Gasteiger partial charge < -0.3 is 5.32 Å². The first-order valence-electron chi connectivity index (χ1n) is 6.29. The minimum Gasteiger partial charge on any atom is -0.311 e. The Bertz CT molecular complexity index is 143. The van der Waals surface area contributed by atoms with E-state index in [9.17, 15) is 0 Å². The van der Waals surface area contributed by atoms with Gasteiger partial charge in [-0.05, 0) is 44.1 Å². The van der Waals surface area contributed by atoms with Crippen LogP contribution in [0.5, 0.6) is 0 Å². The molecule has 0 saturated carbocycles. The SMILES string of the molecule is CC(C)CC1(CC(C)C)CCCCN1. The maximum absolute atomic E-state index is 3.80. The predicted octanol–water partition coefficient (Wildman–Crippen LogP) is 3.59.